The molecule has 4 rings (SSSR count). The Morgan fingerprint density at radius 1 is 0.964 bits per heavy atom. The van der Waals surface area contributed by atoms with E-state index in [-0.39, 0.29) is 23.0 Å². The zero-order chi connectivity index (χ0) is 20.3. The van der Waals surface area contributed by atoms with Crippen LogP contribution in [-0.4, -0.2) is 22.4 Å². The van der Waals surface area contributed by atoms with Crippen molar-refractivity contribution in [1.29, 1.82) is 0 Å². The van der Waals surface area contributed by atoms with Gasteiger partial charge in [0.2, 0.25) is 0 Å². The van der Waals surface area contributed by atoms with E-state index in [4.69, 9.17) is 0 Å². The van der Waals surface area contributed by atoms with Crippen LogP contribution in [0.1, 0.15) is 98.8 Å². The first-order chi connectivity index (χ1) is 13.3. The van der Waals surface area contributed by atoms with E-state index in [2.05, 4.69) is 34.6 Å². The number of hydrogen-bond acceptors (Lipinski definition) is 2. The number of hydrogen-bond donors (Lipinski definition) is 2. The van der Waals surface area contributed by atoms with Crippen molar-refractivity contribution in [3.8, 4) is 0 Å². The molecule has 3 unspecified atom stereocenters. The smallest absolute Gasteiger partial charge is 0.0605 e. The molecule has 2 nitrogen and oxygen atoms in total. The monoisotopic (exact) mass is 390 g/mol. The van der Waals surface area contributed by atoms with Crippen molar-refractivity contribution < 1.29 is 10.2 Å². The van der Waals surface area contributed by atoms with Gasteiger partial charge in [0.05, 0.1) is 12.2 Å². The lowest BCUT2D eigenvalue weighted by Crippen LogP contribution is -2.65. The summed E-state index contributed by atoms with van der Waals surface area (Å²) in [6, 6.07) is 0. The summed E-state index contributed by atoms with van der Waals surface area (Å²) in [5.41, 5.74) is 0.447. The summed E-state index contributed by atoms with van der Waals surface area (Å²) in [4.78, 5) is 0. The summed E-state index contributed by atoms with van der Waals surface area (Å²) in [6.07, 6.45) is 11.9. The maximum Gasteiger partial charge on any atom is 0.0605 e. The first kappa shape index (κ1) is 21.2. The average molecular weight is 391 g/mol. The average Bonchev–Trinajstić information content (AvgIpc) is 2.98. The zero-order valence-corrected chi connectivity index (χ0v) is 19.2. The Morgan fingerprint density at radius 2 is 1.71 bits per heavy atom. The summed E-state index contributed by atoms with van der Waals surface area (Å²) >= 11 is 0. The highest BCUT2D eigenvalue weighted by Gasteiger charge is 2.66. The second-order valence-electron chi connectivity index (χ2n) is 11.9. The van der Waals surface area contributed by atoms with Gasteiger partial charge in [0.1, 0.15) is 0 Å². The Kier molecular flexibility index (Phi) is 5.71. The molecule has 0 aromatic carbocycles. The summed E-state index contributed by atoms with van der Waals surface area (Å²) in [7, 11) is 0. The minimum atomic E-state index is -0.223. The van der Waals surface area contributed by atoms with Gasteiger partial charge in [-0.05, 0) is 84.4 Å². The van der Waals surface area contributed by atoms with Crippen molar-refractivity contribution in [1.82, 2.24) is 0 Å². The minimum absolute atomic E-state index is 0.203. The van der Waals surface area contributed by atoms with Gasteiger partial charge in [-0.2, -0.15) is 0 Å². The topological polar surface area (TPSA) is 40.5 Å². The third-order valence-electron chi connectivity index (χ3n) is 10.8. The van der Waals surface area contributed by atoms with Gasteiger partial charge in [-0.1, -0.05) is 66.7 Å². The molecule has 162 valence electrons. The Morgan fingerprint density at radius 3 is 2.39 bits per heavy atom. The van der Waals surface area contributed by atoms with Gasteiger partial charge in [-0.15, -0.1) is 0 Å². The second kappa shape index (κ2) is 7.56. The van der Waals surface area contributed by atoms with Gasteiger partial charge in [0, 0.05) is 0 Å². The van der Waals surface area contributed by atoms with Gasteiger partial charge in [0.25, 0.3) is 0 Å². The number of rotatable bonds is 4. The van der Waals surface area contributed by atoms with E-state index in [0.29, 0.717) is 29.6 Å². The number of aliphatic hydroxyl groups excluding tert-OH is 2. The fraction of sp³-hybridized carbons (Fsp3) is 1.00. The minimum Gasteiger partial charge on any atom is -0.393 e. The van der Waals surface area contributed by atoms with Crippen LogP contribution < -0.4 is 0 Å². The fourth-order valence-electron chi connectivity index (χ4n) is 9.79. The van der Waals surface area contributed by atoms with Gasteiger partial charge in [-0.25, -0.2) is 0 Å². The van der Waals surface area contributed by atoms with Gasteiger partial charge < -0.3 is 10.2 Å². The van der Waals surface area contributed by atoms with Crippen LogP contribution in [0.2, 0.25) is 0 Å². The Bertz CT molecular complexity index is 561. The Labute approximate surface area is 173 Å². The lowest BCUT2D eigenvalue weighted by molar-refractivity contribution is -0.229. The third-order valence-corrected chi connectivity index (χ3v) is 10.8. The molecule has 0 heterocycles. The van der Waals surface area contributed by atoms with Crippen LogP contribution >= 0.6 is 0 Å². The van der Waals surface area contributed by atoms with Crippen molar-refractivity contribution in [3.05, 3.63) is 0 Å². The quantitative estimate of drug-likeness (QED) is 0.613. The fourth-order valence-corrected chi connectivity index (χ4v) is 9.79. The van der Waals surface area contributed by atoms with Crippen molar-refractivity contribution in [2.45, 2.75) is 111 Å². The normalized spacial score (nSPS) is 54.5. The standard InChI is InChI=1S/C26H46O2/c1-6-10-16(3)18-12-13-20-22-23(21(27)15-26(18,20)5)25(4)14-9-8-11-19(25)17(7-2)24(22)28/h16-24,27-28H,6-15H2,1-5H3/t16-,17-,18-,19+,20?,21+,22?,23?,24-,25+,26-/m1/s1. The molecule has 0 aromatic rings. The molecule has 2 heteroatoms. The third kappa shape index (κ3) is 2.87. The van der Waals surface area contributed by atoms with E-state index < -0.39 is 0 Å². The molecule has 0 bridgehead atoms. The van der Waals surface area contributed by atoms with Crippen molar-refractivity contribution in [2.24, 2.45) is 52.3 Å². The van der Waals surface area contributed by atoms with E-state index in [1.165, 1.54) is 51.4 Å². The zero-order valence-electron chi connectivity index (χ0n) is 19.2. The summed E-state index contributed by atoms with van der Waals surface area (Å²) in [5.74, 6) is 3.74. The van der Waals surface area contributed by atoms with Crippen LogP contribution in [0.3, 0.4) is 0 Å². The molecule has 4 fully saturated rings. The van der Waals surface area contributed by atoms with E-state index >= 15 is 0 Å². The molecule has 2 N–H and O–H groups in total. The molecule has 0 aliphatic heterocycles. The van der Waals surface area contributed by atoms with E-state index in [0.717, 1.165) is 24.7 Å². The first-order valence-electron chi connectivity index (χ1n) is 12.7. The molecule has 11 atom stereocenters. The van der Waals surface area contributed by atoms with Gasteiger partial charge in [-0.3, -0.25) is 0 Å². The van der Waals surface area contributed by atoms with Crippen LogP contribution in [0.4, 0.5) is 0 Å². The van der Waals surface area contributed by atoms with Crippen LogP contribution in [0.25, 0.3) is 0 Å². The van der Waals surface area contributed by atoms with E-state index in [1.807, 2.05) is 0 Å². The number of fused-ring (bicyclic) bond motifs is 5. The maximum absolute atomic E-state index is 11.7. The molecule has 0 spiro atoms. The maximum atomic E-state index is 11.7. The molecule has 0 saturated heterocycles. The second-order valence-corrected chi connectivity index (χ2v) is 11.9. The SMILES string of the molecule is CCC[C@@H](C)[C@H]1CCC2C3C([C@@H](O)C[C@@]21C)[C@@]1(C)CCCC[C@H]1[C@@H](CC)[C@H]3O. The van der Waals surface area contributed by atoms with Gasteiger partial charge in [0.15, 0.2) is 0 Å². The summed E-state index contributed by atoms with van der Waals surface area (Å²) in [6.45, 7) is 12.0. The Hall–Kier alpha value is -0.0800. The molecule has 4 aliphatic carbocycles. The van der Waals surface area contributed by atoms with Crippen LogP contribution in [0.5, 0.6) is 0 Å². The highest BCUT2D eigenvalue weighted by molar-refractivity contribution is 5.15. The highest BCUT2D eigenvalue weighted by Crippen LogP contribution is 2.69. The molecule has 0 radical (unpaired) electrons. The van der Waals surface area contributed by atoms with Crippen LogP contribution in [0.15, 0.2) is 0 Å². The molecule has 4 aliphatic rings. The van der Waals surface area contributed by atoms with E-state index in [9.17, 15) is 10.2 Å². The van der Waals surface area contributed by atoms with Crippen molar-refractivity contribution >= 4 is 0 Å². The molecule has 0 amide bonds. The van der Waals surface area contributed by atoms with Crippen LogP contribution in [-0.2, 0) is 0 Å². The summed E-state index contributed by atoms with van der Waals surface area (Å²) in [5, 5.41) is 23.3. The Balaban J connectivity index is 1.72. The molecule has 4 saturated carbocycles. The predicted molar refractivity (Wildman–Crippen MR) is 116 cm³/mol. The largest absolute Gasteiger partial charge is 0.393 e. The first-order valence-corrected chi connectivity index (χ1v) is 12.7. The lowest BCUT2D eigenvalue weighted by Gasteiger charge is -2.65. The lowest BCUT2D eigenvalue weighted by atomic mass is 9.41. The highest BCUT2D eigenvalue weighted by atomic mass is 16.3. The number of aliphatic hydroxyl groups is 2. The van der Waals surface area contributed by atoms with Crippen LogP contribution in [0, 0.1) is 52.3 Å². The molecular formula is C26H46O2. The van der Waals surface area contributed by atoms with Crippen molar-refractivity contribution in [2.75, 3.05) is 0 Å². The molecule has 0 aromatic heterocycles. The molecule has 28 heavy (non-hydrogen) atoms. The summed E-state index contributed by atoms with van der Waals surface area (Å²) < 4.78 is 0. The predicted octanol–water partition coefficient (Wildman–Crippen LogP) is 6.05. The van der Waals surface area contributed by atoms with Gasteiger partial charge >= 0.3 is 0 Å². The molecular weight excluding hydrogens is 344 g/mol. The van der Waals surface area contributed by atoms with Crippen molar-refractivity contribution in [3.63, 3.8) is 0 Å². The van der Waals surface area contributed by atoms with E-state index in [1.54, 1.807) is 0 Å².